The van der Waals surface area contributed by atoms with E-state index in [0.29, 0.717) is 37.4 Å². The van der Waals surface area contributed by atoms with Crippen LogP contribution in [0.5, 0.6) is 5.75 Å². The standard InChI is InChI=1S/C14H21ClN2O2/c1-17(2)14(18)7-4-10-19-13-6-3-5-12(15)11(13)8-9-16/h3,5-6H,4,7-10,16H2,1-2H3. The summed E-state index contributed by atoms with van der Waals surface area (Å²) >= 11 is 6.12. The third kappa shape index (κ3) is 5.09. The van der Waals surface area contributed by atoms with Crippen LogP contribution < -0.4 is 10.5 Å². The fraction of sp³-hybridized carbons (Fsp3) is 0.500. The molecule has 1 aromatic rings. The summed E-state index contributed by atoms with van der Waals surface area (Å²) in [7, 11) is 3.50. The zero-order valence-corrected chi connectivity index (χ0v) is 12.2. The molecule has 0 fully saturated rings. The molecule has 1 rings (SSSR count). The molecule has 5 heteroatoms. The van der Waals surface area contributed by atoms with Gasteiger partial charge in [-0.25, -0.2) is 0 Å². The van der Waals surface area contributed by atoms with Gasteiger partial charge in [-0.15, -0.1) is 0 Å². The predicted octanol–water partition coefficient (Wildman–Crippen LogP) is 2.09. The van der Waals surface area contributed by atoms with Crippen molar-refractivity contribution in [2.75, 3.05) is 27.2 Å². The van der Waals surface area contributed by atoms with Gasteiger partial charge >= 0.3 is 0 Å². The number of carbonyl (C=O) groups is 1. The second-order valence-electron chi connectivity index (χ2n) is 4.50. The average Bonchev–Trinajstić information content (AvgIpc) is 2.37. The van der Waals surface area contributed by atoms with Crippen LogP contribution in [-0.2, 0) is 11.2 Å². The largest absolute Gasteiger partial charge is 0.493 e. The van der Waals surface area contributed by atoms with E-state index in [1.165, 1.54) is 0 Å². The molecule has 0 radical (unpaired) electrons. The van der Waals surface area contributed by atoms with Crippen LogP contribution in [0.1, 0.15) is 18.4 Å². The van der Waals surface area contributed by atoms with E-state index in [0.717, 1.165) is 11.3 Å². The van der Waals surface area contributed by atoms with E-state index in [1.807, 2.05) is 18.2 Å². The third-order valence-corrected chi connectivity index (χ3v) is 3.12. The Kier molecular flexibility index (Phi) is 6.67. The van der Waals surface area contributed by atoms with Gasteiger partial charge in [0, 0.05) is 31.1 Å². The van der Waals surface area contributed by atoms with Crippen LogP contribution in [-0.4, -0.2) is 38.1 Å². The molecule has 1 amide bonds. The lowest BCUT2D eigenvalue weighted by Gasteiger charge is -2.13. The van der Waals surface area contributed by atoms with E-state index in [4.69, 9.17) is 22.1 Å². The van der Waals surface area contributed by atoms with Gasteiger partial charge in [0.05, 0.1) is 6.61 Å². The molecule has 0 heterocycles. The lowest BCUT2D eigenvalue weighted by molar-refractivity contribution is -0.128. The van der Waals surface area contributed by atoms with Gasteiger partial charge in [0.25, 0.3) is 0 Å². The van der Waals surface area contributed by atoms with Crippen molar-refractivity contribution >= 4 is 17.5 Å². The monoisotopic (exact) mass is 284 g/mol. The molecule has 0 atom stereocenters. The maximum absolute atomic E-state index is 11.4. The first-order chi connectivity index (χ1) is 9.06. The van der Waals surface area contributed by atoms with E-state index in [9.17, 15) is 4.79 Å². The number of hydrogen-bond donors (Lipinski definition) is 1. The summed E-state index contributed by atoms with van der Waals surface area (Å²) in [5, 5.41) is 0.673. The fourth-order valence-electron chi connectivity index (χ4n) is 1.69. The molecule has 0 spiro atoms. The fourth-order valence-corrected chi connectivity index (χ4v) is 1.95. The van der Waals surface area contributed by atoms with Crippen LogP contribution in [0.4, 0.5) is 0 Å². The van der Waals surface area contributed by atoms with Crippen molar-refractivity contribution in [3.8, 4) is 5.75 Å². The van der Waals surface area contributed by atoms with Crippen LogP contribution in [0, 0.1) is 0 Å². The van der Waals surface area contributed by atoms with E-state index in [1.54, 1.807) is 19.0 Å². The number of ether oxygens (including phenoxy) is 1. The Morgan fingerprint density at radius 1 is 1.42 bits per heavy atom. The molecule has 106 valence electrons. The van der Waals surface area contributed by atoms with Gasteiger partial charge in [0.2, 0.25) is 5.91 Å². The van der Waals surface area contributed by atoms with E-state index in [2.05, 4.69) is 0 Å². The number of carbonyl (C=O) groups excluding carboxylic acids is 1. The van der Waals surface area contributed by atoms with Gasteiger partial charge < -0.3 is 15.4 Å². The Balaban J connectivity index is 2.49. The van der Waals surface area contributed by atoms with Crippen molar-refractivity contribution in [3.05, 3.63) is 28.8 Å². The van der Waals surface area contributed by atoms with Gasteiger partial charge in [-0.3, -0.25) is 4.79 Å². The van der Waals surface area contributed by atoms with Gasteiger partial charge in [0.1, 0.15) is 5.75 Å². The minimum Gasteiger partial charge on any atom is -0.493 e. The first kappa shape index (κ1) is 15.8. The van der Waals surface area contributed by atoms with Crippen LogP contribution in [0.15, 0.2) is 18.2 Å². The highest BCUT2D eigenvalue weighted by Gasteiger charge is 2.08. The SMILES string of the molecule is CN(C)C(=O)CCCOc1cccc(Cl)c1CCN. The van der Waals surface area contributed by atoms with Crippen LogP contribution >= 0.6 is 11.6 Å². The molecule has 19 heavy (non-hydrogen) atoms. The Hall–Kier alpha value is -1.26. The summed E-state index contributed by atoms with van der Waals surface area (Å²) in [6.07, 6.45) is 1.86. The number of benzene rings is 1. The molecule has 0 saturated carbocycles. The maximum atomic E-state index is 11.4. The normalized spacial score (nSPS) is 10.3. The molecular weight excluding hydrogens is 264 g/mol. The van der Waals surface area contributed by atoms with Crippen molar-refractivity contribution in [1.82, 2.24) is 4.90 Å². The Morgan fingerprint density at radius 3 is 2.79 bits per heavy atom. The number of hydrogen-bond acceptors (Lipinski definition) is 3. The molecule has 0 unspecified atom stereocenters. The van der Waals surface area contributed by atoms with Crippen molar-refractivity contribution in [2.24, 2.45) is 5.73 Å². The van der Waals surface area contributed by atoms with E-state index >= 15 is 0 Å². The summed E-state index contributed by atoms with van der Waals surface area (Å²) < 4.78 is 5.69. The lowest BCUT2D eigenvalue weighted by Crippen LogP contribution is -2.21. The van der Waals surface area contributed by atoms with Crippen molar-refractivity contribution in [2.45, 2.75) is 19.3 Å². The molecule has 0 aliphatic rings. The summed E-state index contributed by atoms with van der Waals surface area (Å²) in [6.45, 7) is 1.02. The van der Waals surface area contributed by atoms with E-state index in [-0.39, 0.29) is 5.91 Å². The second kappa shape index (κ2) is 8.02. The highest BCUT2D eigenvalue weighted by Crippen LogP contribution is 2.26. The van der Waals surface area contributed by atoms with Crippen molar-refractivity contribution in [1.29, 1.82) is 0 Å². The molecule has 0 aliphatic carbocycles. The molecule has 0 aromatic heterocycles. The predicted molar refractivity (Wildman–Crippen MR) is 77.6 cm³/mol. The number of nitrogens with two attached hydrogens (primary N) is 1. The maximum Gasteiger partial charge on any atom is 0.222 e. The minimum absolute atomic E-state index is 0.108. The summed E-state index contributed by atoms with van der Waals surface area (Å²) in [6, 6.07) is 5.56. The van der Waals surface area contributed by atoms with E-state index < -0.39 is 0 Å². The molecular formula is C14H21ClN2O2. The van der Waals surface area contributed by atoms with Crippen LogP contribution in [0.2, 0.25) is 5.02 Å². The molecule has 2 N–H and O–H groups in total. The highest BCUT2D eigenvalue weighted by molar-refractivity contribution is 6.31. The number of rotatable bonds is 7. The highest BCUT2D eigenvalue weighted by atomic mass is 35.5. The third-order valence-electron chi connectivity index (χ3n) is 2.76. The quantitative estimate of drug-likeness (QED) is 0.780. The summed E-state index contributed by atoms with van der Waals surface area (Å²) in [5.74, 6) is 0.868. The molecule has 0 saturated heterocycles. The van der Waals surface area contributed by atoms with Gasteiger partial charge in [0.15, 0.2) is 0 Å². The zero-order chi connectivity index (χ0) is 14.3. The van der Waals surface area contributed by atoms with Gasteiger partial charge in [-0.1, -0.05) is 17.7 Å². The first-order valence-corrected chi connectivity index (χ1v) is 6.74. The van der Waals surface area contributed by atoms with Crippen molar-refractivity contribution < 1.29 is 9.53 Å². The smallest absolute Gasteiger partial charge is 0.222 e. The molecule has 0 aliphatic heterocycles. The van der Waals surface area contributed by atoms with Crippen molar-refractivity contribution in [3.63, 3.8) is 0 Å². The summed E-state index contributed by atoms with van der Waals surface area (Å²) in [4.78, 5) is 13.0. The number of halogens is 1. The molecule has 1 aromatic carbocycles. The number of nitrogens with zero attached hydrogens (tertiary/aromatic N) is 1. The topological polar surface area (TPSA) is 55.6 Å². The Bertz CT molecular complexity index is 422. The number of amides is 1. The van der Waals surface area contributed by atoms with Gasteiger partial charge in [-0.2, -0.15) is 0 Å². The second-order valence-corrected chi connectivity index (χ2v) is 4.90. The molecule has 4 nitrogen and oxygen atoms in total. The Labute approximate surface area is 119 Å². The van der Waals surface area contributed by atoms with Crippen LogP contribution in [0.3, 0.4) is 0 Å². The zero-order valence-electron chi connectivity index (χ0n) is 11.5. The lowest BCUT2D eigenvalue weighted by atomic mass is 10.1. The molecule has 0 bridgehead atoms. The van der Waals surface area contributed by atoms with Gasteiger partial charge in [-0.05, 0) is 31.5 Å². The van der Waals surface area contributed by atoms with Crippen LogP contribution in [0.25, 0.3) is 0 Å². The average molecular weight is 285 g/mol. The summed E-state index contributed by atoms with van der Waals surface area (Å²) in [5.41, 5.74) is 6.50. The Morgan fingerprint density at radius 2 is 2.16 bits per heavy atom. The first-order valence-electron chi connectivity index (χ1n) is 6.36. The minimum atomic E-state index is 0.108.